The smallest absolute Gasteiger partial charge is 0.349 e. The minimum absolute atomic E-state index is 0.166. The molecule has 2 atom stereocenters. The lowest BCUT2D eigenvalue weighted by atomic mass is 10.1. The van der Waals surface area contributed by atoms with Gasteiger partial charge in [-0.2, -0.15) is 0 Å². The number of carbonyl (C=O) groups excluding carboxylic acids is 2. The standard InChI is InChI=1S/C15H18O4S/c1-9-7-11(14(16)18-9)19-15(17)13-8-10-5-3-2-4-6-12(10)20-13/h8-9,11H,2-7H2,1H3/t9-,11+/m1/s1. The summed E-state index contributed by atoms with van der Waals surface area (Å²) in [5.41, 5.74) is 1.28. The lowest BCUT2D eigenvalue weighted by Gasteiger charge is -2.06. The van der Waals surface area contributed by atoms with Crippen LogP contribution in [0, 0.1) is 0 Å². The molecular weight excluding hydrogens is 276 g/mol. The largest absolute Gasteiger partial charge is 0.460 e. The van der Waals surface area contributed by atoms with Crippen LogP contribution in [-0.2, 0) is 27.1 Å². The summed E-state index contributed by atoms with van der Waals surface area (Å²) in [6.07, 6.45) is 5.28. The van der Waals surface area contributed by atoms with E-state index >= 15 is 0 Å². The molecule has 4 nitrogen and oxygen atoms in total. The number of cyclic esters (lactones) is 1. The van der Waals surface area contributed by atoms with E-state index in [9.17, 15) is 9.59 Å². The number of rotatable bonds is 2. The summed E-state index contributed by atoms with van der Waals surface area (Å²) >= 11 is 1.52. The molecule has 2 aliphatic rings. The predicted octanol–water partition coefficient (Wildman–Crippen LogP) is 2.88. The Morgan fingerprint density at radius 2 is 2.15 bits per heavy atom. The first-order valence-corrected chi connectivity index (χ1v) is 7.98. The number of carbonyl (C=O) groups is 2. The summed E-state index contributed by atoms with van der Waals surface area (Å²) in [6, 6.07) is 1.94. The average Bonchev–Trinajstić information content (AvgIpc) is 2.86. The van der Waals surface area contributed by atoms with E-state index in [4.69, 9.17) is 9.47 Å². The number of hydrogen-bond acceptors (Lipinski definition) is 5. The van der Waals surface area contributed by atoms with Crippen LogP contribution in [0.2, 0.25) is 0 Å². The Kier molecular flexibility index (Phi) is 3.78. The number of hydrogen-bond donors (Lipinski definition) is 0. The Labute approximate surface area is 122 Å². The first kappa shape index (κ1) is 13.6. The fourth-order valence-electron chi connectivity index (χ4n) is 2.77. The van der Waals surface area contributed by atoms with Crippen molar-refractivity contribution in [2.75, 3.05) is 0 Å². The molecule has 1 saturated heterocycles. The van der Waals surface area contributed by atoms with Gasteiger partial charge in [0, 0.05) is 11.3 Å². The summed E-state index contributed by atoms with van der Waals surface area (Å²) in [7, 11) is 0. The second-order valence-corrected chi connectivity index (χ2v) is 6.63. The Hall–Kier alpha value is -1.36. The van der Waals surface area contributed by atoms with Gasteiger partial charge >= 0.3 is 11.9 Å². The van der Waals surface area contributed by atoms with E-state index in [2.05, 4.69) is 0 Å². The third-order valence-electron chi connectivity index (χ3n) is 3.82. The predicted molar refractivity (Wildman–Crippen MR) is 75.0 cm³/mol. The number of ether oxygens (including phenoxy) is 2. The molecule has 3 rings (SSSR count). The summed E-state index contributed by atoms with van der Waals surface area (Å²) in [6.45, 7) is 1.80. The highest BCUT2D eigenvalue weighted by Gasteiger charge is 2.35. The molecule has 0 amide bonds. The van der Waals surface area contributed by atoms with Crippen LogP contribution in [0.15, 0.2) is 6.07 Å². The van der Waals surface area contributed by atoms with Crippen molar-refractivity contribution in [1.29, 1.82) is 0 Å². The lowest BCUT2D eigenvalue weighted by Crippen LogP contribution is -2.22. The second-order valence-electron chi connectivity index (χ2n) is 5.50. The molecule has 0 saturated carbocycles. The first-order valence-electron chi connectivity index (χ1n) is 7.16. The van der Waals surface area contributed by atoms with Crippen LogP contribution >= 0.6 is 11.3 Å². The van der Waals surface area contributed by atoms with Crippen LogP contribution in [0.3, 0.4) is 0 Å². The molecule has 20 heavy (non-hydrogen) atoms. The topological polar surface area (TPSA) is 52.6 Å². The van der Waals surface area contributed by atoms with Gasteiger partial charge in [-0.25, -0.2) is 9.59 Å². The van der Waals surface area contributed by atoms with E-state index in [0.717, 1.165) is 12.8 Å². The zero-order valence-electron chi connectivity index (χ0n) is 11.5. The molecule has 1 fully saturated rings. The molecule has 0 radical (unpaired) electrons. The fraction of sp³-hybridized carbons (Fsp3) is 0.600. The van der Waals surface area contributed by atoms with Crippen molar-refractivity contribution in [2.45, 2.75) is 57.7 Å². The zero-order valence-corrected chi connectivity index (χ0v) is 12.3. The van der Waals surface area contributed by atoms with Gasteiger partial charge in [0.25, 0.3) is 0 Å². The normalized spacial score (nSPS) is 25.8. The van der Waals surface area contributed by atoms with E-state index in [1.807, 2.05) is 6.07 Å². The van der Waals surface area contributed by atoms with Crippen LogP contribution < -0.4 is 0 Å². The van der Waals surface area contributed by atoms with E-state index in [1.165, 1.54) is 41.0 Å². The van der Waals surface area contributed by atoms with Crippen LogP contribution in [0.25, 0.3) is 0 Å². The molecule has 0 bridgehead atoms. The molecule has 0 N–H and O–H groups in total. The summed E-state index contributed by atoms with van der Waals surface area (Å²) in [4.78, 5) is 25.6. The zero-order chi connectivity index (χ0) is 14.1. The Balaban J connectivity index is 1.70. The quantitative estimate of drug-likeness (QED) is 0.621. The van der Waals surface area contributed by atoms with Crippen molar-refractivity contribution in [3.8, 4) is 0 Å². The van der Waals surface area contributed by atoms with Crippen LogP contribution in [0.4, 0.5) is 0 Å². The number of esters is 2. The molecular formula is C15H18O4S. The molecule has 5 heteroatoms. The molecule has 1 aliphatic heterocycles. The molecule has 0 unspecified atom stereocenters. The third kappa shape index (κ3) is 2.73. The van der Waals surface area contributed by atoms with E-state index in [1.54, 1.807) is 6.92 Å². The summed E-state index contributed by atoms with van der Waals surface area (Å²) in [5.74, 6) is -0.817. The molecule has 108 valence electrons. The highest BCUT2D eigenvalue weighted by atomic mass is 32.1. The Morgan fingerprint density at radius 3 is 2.90 bits per heavy atom. The molecule has 0 aromatic carbocycles. The maximum Gasteiger partial charge on any atom is 0.349 e. The van der Waals surface area contributed by atoms with Crippen LogP contribution in [-0.4, -0.2) is 24.1 Å². The molecule has 0 spiro atoms. The van der Waals surface area contributed by atoms with Gasteiger partial charge in [-0.3, -0.25) is 0 Å². The molecule has 1 aromatic rings. The fourth-order valence-corrected chi connectivity index (χ4v) is 3.91. The van der Waals surface area contributed by atoms with Gasteiger partial charge in [0.2, 0.25) is 6.10 Å². The molecule has 2 heterocycles. The third-order valence-corrected chi connectivity index (χ3v) is 5.04. The van der Waals surface area contributed by atoms with Crippen molar-refractivity contribution in [3.63, 3.8) is 0 Å². The Morgan fingerprint density at radius 1 is 1.35 bits per heavy atom. The summed E-state index contributed by atoms with van der Waals surface area (Å²) < 4.78 is 10.3. The van der Waals surface area contributed by atoms with Crippen molar-refractivity contribution in [2.24, 2.45) is 0 Å². The molecule has 1 aromatic heterocycles. The molecule has 1 aliphatic carbocycles. The van der Waals surface area contributed by atoms with Gasteiger partial charge in [0.1, 0.15) is 11.0 Å². The number of aryl methyl sites for hydroxylation is 2. The minimum Gasteiger partial charge on any atom is -0.460 e. The maximum absolute atomic E-state index is 12.1. The number of thiophene rings is 1. The van der Waals surface area contributed by atoms with Crippen molar-refractivity contribution >= 4 is 23.3 Å². The minimum atomic E-state index is -0.737. The van der Waals surface area contributed by atoms with E-state index in [0.29, 0.717) is 11.3 Å². The van der Waals surface area contributed by atoms with Gasteiger partial charge in [0.15, 0.2) is 0 Å². The highest BCUT2D eigenvalue weighted by Crippen LogP contribution is 2.30. The van der Waals surface area contributed by atoms with Gasteiger partial charge in [-0.05, 0) is 44.2 Å². The maximum atomic E-state index is 12.1. The van der Waals surface area contributed by atoms with Gasteiger partial charge in [0.05, 0.1) is 0 Å². The lowest BCUT2D eigenvalue weighted by molar-refractivity contribution is -0.147. The van der Waals surface area contributed by atoms with Gasteiger partial charge < -0.3 is 9.47 Å². The van der Waals surface area contributed by atoms with E-state index in [-0.39, 0.29) is 12.1 Å². The van der Waals surface area contributed by atoms with Gasteiger partial charge in [-0.15, -0.1) is 11.3 Å². The summed E-state index contributed by atoms with van der Waals surface area (Å²) in [5, 5.41) is 0. The monoisotopic (exact) mass is 294 g/mol. The van der Waals surface area contributed by atoms with Gasteiger partial charge in [-0.1, -0.05) is 6.42 Å². The van der Waals surface area contributed by atoms with Crippen molar-refractivity contribution in [3.05, 3.63) is 21.4 Å². The number of fused-ring (bicyclic) bond motifs is 1. The van der Waals surface area contributed by atoms with Crippen LogP contribution in [0.1, 0.15) is 52.7 Å². The van der Waals surface area contributed by atoms with Crippen molar-refractivity contribution < 1.29 is 19.1 Å². The Bertz CT molecular complexity index is 510. The van der Waals surface area contributed by atoms with Crippen LogP contribution in [0.5, 0.6) is 0 Å². The SMILES string of the molecule is C[C@@H]1C[C@H](OC(=O)c2cc3c(s2)CCCCC3)C(=O)O1. The highest BCUT2D eigenvalue weighted by molar-refractivity contribution is 7.14. The average molecular weight is 294 g/mol. The second kappa shape index (κ2) is 5.56. The van der Waals surface area contributed by atoms with E-state index < -0.39 is 12.1 Å². The van der Waals surface area contributed by atoms with Crippen molar-refractivity contribution in [1.82, 2.24) is 0 Å². The first-order chi connectivity index (χ1) is 9.63.